The molecule has 0 bridgehead atoms. The van der Waals surface area contributed by atoms with E-state index in [2.05, 4.69) is 16.9 Å². The Morgan fingerprint density at radius 1 is 1.40 bits per heavy atom. The monoisotopic (exact) mass is 290 g/mol. The highest BCUT2D eigenvalue weighted by Crippen LogP contribution is 2.22. The highest BCUT2D eigenvalue weighted by atomic mass is 32.1. The average Bonchev–Trinajstić information content (AvgIpc) is 2.93. The van der Waals surface area contributed by atoms with Gasteiger partial charge in [0.2, 0.25) is 0 Å². The zero-order valence-corrected chi connectivity index (χ0v) is 13.3. The largest absolute Gasteiger partial charge is 0.508 e. The van der Waals surface area contributed by atoms with Crippen LogP contribution in [0.5, 0.6) is 5.75 Å². The fourth-order valence-electron chi connectivity index (χ4n) is 1.67. The average molecular weight is 290 g/mol. The molecular formula is C16H22N2OS. The van der Waals surface area contributed by atoms with E-state index in [1.807, 2.05) is 39.3 Å². The van der Waals surface area contributed by atoms with Crippen LogP contribution in [0.15, 0.2) is 30.2 Å². The summed E-state index contributed by atoms with van der Waals surface area (Å²) < 4.78 is 0. The molecule has 4 heteroatoms. The van der Waals surface area contributed by atoms with Crippen molar-refractivity contribution in [2.45, 2.75) is 27.2 Å². The Hall–Kier alpha value is -1.81. The number of aromatic nitrogens is 1. The predicted molar refractivity (Wildman–Crippen MR) is 87.2 cm³/mol. The van der Waals surface area contributed by atoms with Crippen LogP contribution in [0.1, 0.15) is 35.7 Å². The van der Waals surface area contributed by atoms with Crippen molar-refractivity contribution in [2.75, 3.05) is 7.05 Å². The molecule has 1 aromatic heterocycles. The van der Waals surface area contributed by atoms with Gasteiger partial charge in [-0.2, -0.15) is 0 Å². The first kappa shape index (κ1) is 16.2. The van der Waals surface area contributed by atoms with Crippen LogP contribution in [0, 0.1) is 6.92 Å². The number of aromatic hydroxyl groups is 1. The lowest BCUT2D eigenvalue weighted by Crippen LogP contribution is -2.03. The van der Waals surface area contributed by atoms with Gasteiger partial charge in [-0.05, 0) is 30.2 Å². The molecule has 0 saturated carbocycles. The summed E-state index contributed by atoms with van der Waals surface area (Å²) in [6.45, 7) is 9.93. The van der Waals surface area contributed by atoms with Crippen LogP contribution < -0.4 is 5.32 Å². The summed E-state index contributed by atoms with van der Waals surface area (Å²) in [7, 11) is 1.83. The molecule has 0 spiro atoms. The Morgan fingerprint density at radius 2 is 2.10 bits per heavy atom. The van der Waals surface area contributed by atoms with Crippen molar-refractivity contribution in [1.82, 2.24) is 10.3 Å². The number of phenols is 1. The van der Waals surface area contributed by atoms with Crippen molar-refractivity contribution >= 4 is 17.0 Å². The van der Waals surface area contributed by atoms with E-state index >= 15 is 0 Å². The minimum atomic E-state index is 0.298. The highest BCUT2D eigenvalue weighted by molar-refractivity contribution is 7.09. The van der Waals surface area contributed by atoms with Gasteiger partial charge in [0.1, 0.15) is 5.75 Å². The molecule has 3 nitrogen and oxygen atoms in total. The molecule has 1 heterocycles. The lowest BCUT2D eigenvalue weighted by Gasteiger charge is -2.04. The first-order valence-electron chi connectivity index (χ1n) is 6.70. The van der Waals surface area contributed by atoms with E-state index in [9.17, 15) is 5.11 Å². The molecule has 0 radical (unpaired) electrons. The minimum absolute atomic E-state index is 0.298. The van der Waals surface area contributed by atoms with Crippen molar-refractivity contribution < 1.29 is 5.11 Å². The van der Waals surface area contributed by atoms with Gasteiger partial charge in [-0.3, -0.25) is 0 Å². The van der Waals surface area contributed by atoms with E-state index in [1.165, 1.54) is 0 Å². The van der Waals surface area contributed by atoms with Gasteiger partial charge in [-0.15, -0.1) is 11.3 Å². The first-order chi connectivity index (χ1) is 9.60. The van der Waals surface area contributed by atoms with Crippen molar-refractivity contribution in [1.29, 1.82) is 0 Å². The van der Waals surface area contributed by atoms with Crippen molar-refractivity contribution in [3.05, 3.63) is 52.0 Å². The van der Waals surface area contributed by atoms with Crippen LogP contribution in [-0.2, 0) is 6.42 Å². The Bertz CT molecular complexity index is 576. The smallest absolute Gasteiger partial charge is 0.115 e. The van der Waals surface area contributed by atoms with Crippen LogP contribution >= 0.6 is 11.3 Å². The molecule has 0 aliphatic carbocycles. The Morgan fingerprint density at radius 3 is 2.75 bits per heavy atom. The summed E-state index contributed by atoms with van der Waals surface area (Å²) in [5, 5.41) is 15.5. The van der Waals surface area contributed by atoms with Gasteiger partial charge in [0.25, 0.3) is 0 Å². The zero-order valence-electron chi connectivity index (χ0n) is 12.5. The lowest BCUT2D eigenvalue weighted by molar-refractivity contribution is 0.474. The molecule has 2 N–H and O–H groups in total. The Balaban J connectivity index is 0.000000956. The van der Waals surface area contributed by atoms with Gasteiger partial charge in [0, 0.05) is 18.8 Å². The standard InChI is InChI=1S/C14H16N2OS.C2H6/c1-9-4-5-12(17)6-11(9)7-14-16-13(8-18-14)10(2)15-3;1-2/h4-6,8,15,17H,2,7H2,1,3H3;1-2H3. The number of nitrogens with one attached hydrogen (secondary N) is 1. The summed E-state index contributed by atoms with van der Waals surface area (Å²) in [5.74, 6) is 0.298. The summed E-state index contributed by atoms with van der Waals surface area (Å²) in [5.41, 5.74) is 3.98. The van der Waals surface area contributed by atoms with Gasteiger partial charge in [0.05, 0.1) is 16.4 Å². The molecule has 0 aliphatic heterocycles. The second-order valence-corrected chi connectivity index (χ2v) is 5.09. The third-order valence-corrected chi connectivity index (χ3v) is 3.69. The summed E-state index contributed by atoms with van der Waals surface area (Å²) in [4.78, 5) is 4.52. The summed E-state index contributed by atoms with van der Waals surface area (Å²) in [6.07, 6.45) is 0.738. The zero-order chi connectivity index (χ0) is 15.1. The normalized spacial score (nSPS) is 9.60. The molecule has 0 unspecified atom stereocenters. The van der Waals surface area contributed by atoms with Crippen LogP contribution in [0.3, 0.4) is 0 Å². The van der Waals surface area contributed by atoms with Crippen LogP contribution in [0.2, 0.25) is 0 Å². The van der Waals surface area contributed by atoms with E-state index in [0.29, 0.717) is 5.75 Å². The summed E-state index contributed by atoms with van der Waals surface area (Å²) >= 11 is 1.61. The number of nitrogens with zero attached hydrogens (tertiary/aromatic N) is 1. The quantitative estimate of drug-likeness (QED) is 0.895. The van der Waals surface area contributed by atoms with Crippen molar-refractivity contribution in [3.63, 3.8) is 0 Å². The number of phenolic OH excluding ortho intramolecular Hbond substituents is 1. The van der Waals surface area contributed by atoms with Gasteiger partial charge >= 0.3 is 0 Å². The first-order valence-corrected chi connectivity index (χ1v) is 7.58. The molecule has 0 amide bonds. The number of thiazole rings is 1. The maximum atomic E-state index is 9.51. The molecule has 0 atom stereocenters. The molecule has 108 valence electrons. The number of aryl methyl sites for hydroxylation is 1. The Labute approximate surface area is 125 Å². The maximum Gasteiger partial charge on any atom is 0.115 e. The SMILES string of the molecule is C=C(NC)c1csc(Cc2cc(O)ccc2C)n1.CC. The fourth-order valence-corrected chi connectivity index (χ4v) is 2.50. The molecule has 2 aromatic rings. The van der Waals surface area contributed by atoms with Crippen molar-refractivity contribution in [2.24, 2.45) is 0 Å². The van der Waals surface area contributed by atoms with Crippen LogP contribution in [-0.4, -0.2) is 17.1 Å². The van der Waals surface area contributed by atoms with Gasteiger partial charge < -0.3 is 10.4 Å². The van der Waals surface area contributed by atoms with E-state index in [4.69, 9.17) is 0 Å². The number of hydrogen-bond acceptors (Lipinski definition) is 4. The molecule has 1 aromatic carbocycles. The predicted octanol–water partition coefficient (Wildman–Crippen LogP) is 3.96. The second kappa shape index (κ2) is 7.70. The maximum absolute atomic E-state index is 9.51. The van der Waals surface area contributed by atoms with E-state index in [1.54, 1.807) is 23.5 Å². The molecule has 20 heavy (non-hydrogen) atoms. The number of rotatable bonds is 4. The van der Waals surface area contributed by atoms with E-state index in [-0.39, 0.29) is 0 Å². The minimum Gasteiger partial charge on any atom is -0.508 e. The third-order valence-electron chi connectivity index (χ3n) is 2.84. The molecular weight excluding hydrogens is 268 g/mol. The van der Waals surface area contributed by atoms with Gasteiger partial charge in [-0.1, -0.05) is 26.5 Å². The van der Waals surface area contributed by atoms with Gasteiger partial charge in [0.15, 0.2) is 0 Å². The molecule has 0 aliphatic rings. The van der Waals surface area contributed by atoms with Gasteiger partial charge in [-0.25, -0.2) is 4.98 Å². The van der Waals surface area contributed by atoms with E-state index < -0.39 is 0 Å². The highest BCUT2D eigenvalue weighted by Gasteiger charge is 2.07. The van der Waals surface area contributed by atoms with Crippen molar-refractivity contribution in [3.8, 4) is 5.75 Å². The molecule has 0 fully saturated rings. The fraction of sp³-hybridized carbons (Fsp3) is 0.312. The molecule has 2 rings (SSSR count). The van der Waals surface area contributed by atoms with Crippen LogP contribution in [0.4, 0.5) is 0 Å². The Kier molecular flexibility index (Phi) is 6.25. The number of hydrogen-bond donors (Lipinski definition) is 2. The topological polar surface area (TPSA) is 45.1 Å². The third kappa shape index (κ3) is 4.10. The second-order valence-electron chi connectivity index (χ2n) is 4.14. The van der Waals surface area contributed by atoms with Crippen LogP contribution in [0.25, 0.3) is 5.70 Å². The summed E-state index contributed by atoms with van der Waals surface area (Å²) in [6, 6.07) is 5.42. The molecule has 0 saturated heterocycles. The number of benzene rings is 1. The lowest BCUT2D eigenvalue weighted by atomic mass is 10.1. The van der Waals surface area contributed by atoms with E-state index in [0.717, 1.165) is 33.9 Å².